The van der Waals surface area contributed by atoms with E-state index < -0.39 is 22.8 Å². The number of hydrogen-bond donors (Lipinski definition) is 0. The van der Waals surface area contributed by atoms with E-state index in [9.17, 15) is 24.5 Å². The second-order valence-electron chi connectivity index (χ2n) is 8.38. The van der Waals surface area contributed by atoms with Gasteiger partial charge in [0.15, 0.2) is 4.80 Å². The van der Waals surface area contributed by atoms with Gasteiger partial charge in [0, 0.05) is 24.7 Å². The highest BCUT2D eigenvalue weighted by Crippen LogP contribution is 2.31. The molecule has 0 saturated carbocycles. The number of nitro groups is 1. The fraction of sp³-hybridized carbons (Fsp3) is 0.360. The van der Waals surface area contributed by atoms with E-state index in [4.69, 9.17) is 9.47 Å². The Morgan fingerprint density at radius 2 is 1.81 bits per heavy atom. The van der Waals surface area contributed by atoms with Gasteiger partial charge >= 0.3 is 11.9 Å². The lowest BCUT2D eigenvalue weighted by Gasteiger charge is -2.28. The summed E-state index contributed by atoms with van der Waals surface area (Å²) in [5, 5.41) is 11.8. The zero-order valence-electron chi connectivity index (χ0n) is 20.5. The molecule has 0 aliphatic carbocycles. The van der Waals surface area contributed by atoms with Crippen molar-refractivity contribution in [3.63, 3.8) is 0 Å². The maximum absolute atomic E-state index is 13.1. The Labute approximate surface area is 216 Å². The van der Waals surface area contributed by atoms with Crippen molar-refractivity contribution in [2.24, 2.45) is 4.99 Å². The molecule has 1 fully saturated rings. The monoisotopic (exact) mass is 526 g/mol. The molecule has 12 heteroatoms. The highest BCUT2D eigenvalue weighted by molar-refractivity contribution is 7.16. The fourth-order valence-electron chi connectivity index (χ4n) is 4.20. The highest BCUT2D eigenvalue weighted by Gasteiger charge is 2.23. The van der Waals surface area contributed by atoms with Crippen molar-refractivity contribution in [3.05, 3.63) is 62.4 Å². The van der Waals surface area contributed by atoms with Gasteiger partial charge in [-0.15, -0.1) is 0 Å². The SMILES string of the molecule is CCOC(=O)c1ccc2c(c1)sc(=NC(=O)c1ccc(N3CCCCC3)c([N+](=O)[O-])c1)n2CC(=O)OC. The standard InChI is InChI=1S/C25H26N4O7S/c1-3-36-24(32)17-8-10-19-21(14-17)37-25(28(19)15-22(30)35-2)26-23(31)16-7-9-18(20(13-16)29(33)34)27-11-5-4-6-12-27/h7-10,13-14H,3-6,11-12,15H2,1-2H3. The Hall–Kier alpha value is -4.06. The lowest BCUT2D eigenvalue weighted by molar-refractivity contribution is -0.384. The number of methoxy groups -OCH3 is 1. The van der Waals surface area contributed by atoms with E-state index in [0.29, 0.717) is 21.5 Å². The number of thiazole rings is 1. The van der Waals surface area contributed by atoms with Gasteiger partial charge < -0.3 is 18.9 Å². The number of benzene rings is 2. The van der Waals surface area contributed by atoms with Crippen LogP contribution in [0.15, 0.2) is 41.4 Å². The Kier molecular flexibility index (Phi) is 7.97. The Bertz CT molecular complexity index is 1440. The van der Waals surface area contributed by atoms with Crippen LogP contribution >= 0.6 is 11.3 Å². The minimum atomic E-state index is -0.691. The average molecular weight is 527 g/mol. The molecule has 2 aromatic carbocycles. The van der Waals surface area contributed by atoms with Crippen LogP contribution in [0.25, 0.3) is 10.2 Å². The van der Waals surface area contributed by atoms with E-state index in [0.717, 1.165) is 43.7 Å². The summed E-state index contributed by atoms with van der Waals surface area (Å²) in [4.78, 5) is 55.0. The van der Waals surface area contributed by atoms with Gasteiger partial charge in [-0.1, -0.05) is 11.3 Å². The van der Waals surface area contributed by atoms with Crippen LogP contribution in [-0.2, 0) is 20.8 Å². The zero-order valence-corrected chi connectivity index (χ0v) is 21.3. The normalized spacial score (nSPS) is 14.0. The first-order chi connectivity index (χ1) is 17.8. The molecule has 3 aromatic rings. The number of amides is 1. The number of anilines is 1. The number of esters is 2. The third kappa shape index (κ3) is 5.69. The van der Waals surface area contributed by atoms with Crippen molar-refractivity contribution in [2.45, 2.75) is 32.7 Å². The molecule has 194 valence electrons. The minimum Gasteiger partial charge on any atom is -0.468 e. The summed E-state index contributed by atoms with van der Waals surface area (Å²) in [6.45, 7) is 3.16. The lowest BCUT2D eigenvalue weighted by atomic mass is 10.1. The second-order valence-corrected chi connectivity index (χ2v) is 9.38. The number of carbonyl (C=O) groups is 3. The predicted molar refractivity (Wildman–Crippen MR) is 137 cm³/mol. The van der Waals surface area contributed by atoms with Crippen LogP contribution in [-0.4, -0.2) is 54.1 Å². The zero-order chi connectivity index (χ0) is 26.5. The molecule has 0 unspecified atom stereocenters. The van der Waals surface area contributed by atoms with Crippen molar-refractivity contribution in [1.82, 2.24) is 4.57 Å². The van der Waals surface area contributed by atoms with Crippen LogP contribution in [0.1, 0.15) is 46.9 Å². The molecule has 0 bridgehead atoms. The molecule has 0 radical (unpaired) electrons. The molecule has 2 heterocycles. The van der Waals surface area contributed by atoms with E-state index in [1.54, 1.807) is 31.2 Å². The smallest absolute Gasteiger partial charge is 0.338 e. The first kappa shape index (κ1) is 26.0. The van der Waals surface area contributed by atoms with Crippen LogP contribution in [0.2, 0.25) is 0 Å². The number of rotatable bonds is 7. The van der Waals surface area contributed by atoms with Gasteiger partial charge in [-0.05, 0) is 56.5 Å². The first-order valence-corrected chi connectivity index (χ1v) is 12.6. The Morgan fingerprint density at radius 3 is 2.49 bits per heavy atom. The quantitative estimate of drug-likeness (QED) is 0.259. The van der Waals surface area contributed by atoms with E-state index >= 15 is 0 Å². The molecule has 37 heavy (non-hydrogen) atoms. The predicted octanol–water partition coefficient (Wildman–Crippen LogP) is 3.69. The molecule has 0 spiro atoms. The number of hydrogen-bond acceptors (Lipinski definition) is 9. The molecule has 1 saturated heterocycles. The van der Waals surface area contributed by atoms with E-state index in [1.807, 2.05) is 4.90 Å². The summed E-state index contributed by atoms with van der Waals surface area (Å²) >= 11 is 1.10. The van der Waals surface area contributed by atoms with Gasteiger partial charge in [0.2, 0.25) is 0 Å². The lowest BCUT2D eigenvalue weighted by Crippen LogP contribution is -2.30. The molecular formula is C25H26N4O7S. The first-order valence-electron chi connectivity index (χ1n) is 11.8. The van der Waals surface area contributed by atoms with Crippen LogP contribution in [0.3, 0.4) is 0 Å². The van der Waals surface area contributed by atoms with E-state index in [2.05, 4.69) is 4.99 Å². The highest BCUT2D eigenvalue weighted by atomic mass is 32.1. The molecule has 1 amide bonds. The van der Waals surface area contributed by atoms with Crippen molar-refractivity contribution < 1.29 is 28.8 Å². The van der Waals surface area contributed by atoms with E-state index in [-0.39, 0.29) is 29.2 Å². The molecule has 4 rings (SSSR count). The van der Waals surface area contributed by atoms with Gasteiger partial charge in [0.05, 0.1) is 34.4 Å². The summed E-state index contributed by atoms with van der Waals surface area (Å²) < 4.78 is 12.0. The van der Waals surface area contributed by atoms with Crippen LogP contribution in [0.5, 0.6) is 0 Å². The fourth-order valence-corrected chi connectivity index (χ4v) is 5.27. The van der Waals surface area contributed by atoms with Crippen molar-refractivity contribution >= 4 is 50.8 Å². The summed E-state index contributed by atoms with van der Waals surface area (Å²) in [5.41, 5.74) is 1.28. The molecule has 0 N–H and O–H groups in total. The Balaban J connectivity index is 1.76. The van der Waals surface area contributed by atoms with Gasteiger partial charge in [-0.25, -0.2) is 4.79 Å². The number of nitrogens with zero attached hydrogens (tertiary/aromatic N) is 4. The number of carbonyl (C=O) groups excluding carboxylic acids is 3. The van der Waals surface area contributed by atoms with Crippen molar-refractivity contribution in [3.8, 4) is 0 Å². The average Bonchev–Trinajstić information content (AvgIpc) is 3.24. The molecule has 1 aromatic heterocycles. The molecule has 1 aliphatic heterocycles. The Morgan fingerprint density at radius 1 is 1.08 bits per heavy atom. The number of piperidine rings is 1. The topological polar surface area (TPSA) is 133 Å². The maximum atomic E-state index is 13.1. The molecular weight excluding hydrogens is 500 g/mol. The summed E-state index contributed by atoms with van der Waals surface area (Å²) in [5.74, 6) is -1.73. The minimum absolute atomic E-state index is 0.0572. The van der Waals surface area contributed by atoms with E-state index in [1.165, 1.54) is 23.8 Å². The maximum Gasteiger partial charge on any atom is 0.338 e. The van der Waals surface area contributed by atoms with Crippen LogP contribution in [0, 0.1) is 10.1 Å². The number of ether oxygens (including phenoxy) is 2. The van der Waals surface area contributed by atoms with Gasteiger partial charge in [0.25, 0.3) is 11.6 Å². The molecule has 1 aliphatic rings. The third-order valence-electron chi connectivity index (χ3n) is 6.02. The number of aromatic nitrogens is 1. The second kappa shape index (κ2) is 11.3. The van der Waals surface area contributed by atoms with Crippen molar-refractivity contribution in [2.75, 3.05) is 31.7 Å². The summed E-state index contributed by atoms with van der Waals surface area (Å²) in [7, 11) is 1.25. The number of nitro benzene ring substituents is 1. The van der Waals surface area contributed by atoms with Gasteiger partial charge in [0.1, 0.15) is 12.2 Å². The van der Waals surface area contributed by atoms with Crippen LogP contribution in [0.4, 0.5) is 11.4 Å². The summed E-state index contributed by atoms with van der Waals surface area (Å²) in [6, 6.07) is 9.17. The van der Waals surface area contributed by atoms with Crippen molar-refractivity contribution in [1.29, 1.82) is 0 Å². The molecule has 11 nitrogen and oxygen atoms in total. The molecule has 0 atom stereocenters. The largest absolute Gasteiger partial charge is 0.468 e. The number of fused-ring (bicyclic) bond motifs is 1. The summed E-state index contributed by atoms with van der Waals surface area (Å²) in [6.07, 6.45) is 3.00. The van der Waals surface area contributed by atoms with Gasteiger partial charge in [-0.3, -0.25) is 19.7 Å². The third-order valence-corrected chi connectivity index (χ3v) is 7.06. The van der Waals surface area contributed by atoms with Gasteiger partial charge in [-0.2, -0.15) is 4.99 Å². The van der Waals surface area contributed by atoms with Crippen LogP contribution < -0.4 is 9.70 Å².